The summed E-state index contributed by atoms with van der Waals surface area (Å²) in [6.45, 7) is 6.35. The van der Waals surface area contributed by atoms with Gasteiger partial charge >= 0.3 is 0 Å². The van der Waals surface area contributed by atoms with Gasteiger partial charge in [0.2, 0.25) is 0 Å². The Kier molecular flexibility index (Phi) is 6.67. The summed E-state index contributed by atoms with van der Waals surface area (Å²) < 4.78 is 10.2. The van der Waals surface area contributed by atoms with E-state index in [1.807, 2.05) is 49.2 Å². The summed E-state index contributed by atoms with van der Waals surface area (Å²) in [6, 6.07) is 7.85. The average Bonchev–Trinajstić information content (AvgIpc) is 2.44. The number of allylic oxidation sites excluding steroid dienone is 3. The van der Waals surface area contributed by atoms with E-state index in [9.17, 15) is 0 Å². The van der Waals surface area contributed by atoms with Crippen LogP contribution in [0.1, 0.15) is 12.5 Å². The van der Waals surface area contributed by atoms with E-state index in [1.54, 1.807) is 7.11 Å². The van der Waals surface area contributed by atoms with E-state index in [-0.39, 0.29) is 39.5 Å². The molecule has 1 aliphatic rings. The third-order valence-electron chi connectivity index (χ3n) is 3.09. The van der Waals surface area contributed by atoms with Crippen LogP contribution in [0.2, 0.25) is 0 Å². The van der Waals surface area contributed by atoms with Gasteiger partial charge in [0.05, 0.1) is 0 Å². The fraction of sp³-hybridized carbons (Fsp3) is 0.250. The fourth-order valence-electron chi connectivity index (χ4n) is 1.87. The molecule has 1 aliphatic heterocycles. The minimum absolute atomic E-state index is 0. The second-order valence-electron chi connectivity index (χ2n) is 4.40. The first-order valence-electron chi connectivity index (χ1n) is 6.09. The molecule has 0 amide bonds. The molecule has 4 heteroatoms. The topological polar surface area (TPSA) is 21.7 Å². The molecule has 0 N–H and O–H groups in total. The van der Waals surface area contributed by atoms with Crippen LogP contribution in [-0.2, 0) is 37.4 Å². The molecular formula is C16H18NO2Y-. The number of rotatable bonds is 4. The molecule has 0 saturated heterocycles. The Balaban J connectivity index is 0.00000200. The molecule has 1 heterocycles. The maximum atomic E-state index is 5.37. The van der Waals surface area contributed by atoms with Gasteiger partial charge < -0.3 is 14.4 Å². The van der Waals surface area contributed by atoms with Crippen LogP contribution >= 0.6 is 0 Å². The number of likely N-dealkylation sites (N-methyl/N-ethyl adjacent to an activating group) is 1. The van der Waals surface area contributed by atoms with E-state index in [4.69, 9.17) is 9.47 Å². The molecule has 103 valence electrons. The van der Waals surface area contributed by atoms with Crippen molar-refractivity contribution >= 4 is 5.70 Å². The summed E-state index contributed by atoms with van der Waals surface area (Å²) in [4.78, 5) is 2.04. The van der Waals surface area contributed by atoms with Crippen molar-refractivity contribution in [3.8, 4) is 5.75 Å². The van der Waals surface area contributed by atoms with Crippen LogP contribution < -0.4 is 4.74 Å². The number of hydrogen-bond donors (Lipinski definition) is 0. The van der Waals surface area contributed by atoms with Gasteiger partial charge in [-0.3, -0.25) is 0 Å². The first-order chi connectivity index (χ1) is 9.13. The summed E-state index contributed by atoms with van der Waals surface area (Å²) in [5.41, 5.74) is 4.21. The third-order valence-corrected chi connectivity index (χ3v) is 3.09. The van der Waals surface area contributed by atoms with Crippen molar-refractivity contribution in [2.45, 2.75) is 6.92 Å². The van der Waals surface area contributed by atoms with Crippen molar-refractivity contribution in [1.82, 2.24) is 4.90 Å². The largest absolute Gasteiger partial charge is 0.468 e. The molecular weight excluding hydrogens is 327 g/mol. The standard InChI is InChI=1S/C16H18NO2.Y/c1-12-5-10-16(17(3)13(12)2)14-6-8-15(9-7-14)19-11-18-4;/h5-9H,2,11H2,1,3-4H3;/q-1;. The zero-order valence-corrected chi connectivity index (χ0v) is 15.0. The minimum atomic E-state index is 0. The molecule has 0 atom stereocenters. The van der Waals surface area contributed by atoms with Crippen molar-refractivity contribution in [3.63, 3.8) is 0 Å². The van der Waals surface area contributed by atoms with Gasteiger partial charge in [-0.05, 0) is 17.8 Å². The molecule has 0 aromatic heterocycles. The molecule has 3 nitrogen and oxygen atoms in total. The van der Waals surface area contributed by atoms with E-state index >= 15 is 0 Å². The smallest absolute Gasteiger partial charge is 0.188 e. The third kappa shape index (κ3) is 3.81. The van der Waals surface area contributed by atoms with E-state index in [1.165, 1.54) is 0 Å². The second kappa shape index (κ2) is 7.77. The maximum absolute atomic E-state index is 5.37. The van der Waals surface area contributed by atoms with E-state index in [2.05, 4.69) is 12.7 Å². The van der Waals surface area contributed by atoms with Crippen LogP contribution in [0.3, 0.4) is 0 Å². The van der Waals surface area contributed by atoms with Crippen LogP contribution in [0, 0.1) is 6.08 Å². The van der Waals surface area contributed by atoms with Crippen molar-refractivity contribution in [2.75, 3.05) is 21.0 Å². The Bertz CT molecular complexity index is 532. The summed E-state index contributed by atoms with van der Waals surface area (Å²) in [5, 5.41) is 0. The van der Waals surface area contributed by atoms with Crippen LogP contribution in [0.4, 0.5) is 0 Å². The second-order valence-corrected chi connectivity index (χ2v) is 4.40. The normalized spacial score (nSPS) is 14.3. The summed E-state index contributed by atoms with van der Waals surface area (Å²) in [6.07, 6.45) is 5.25. The van der Waals surface area contributed by atoms with E-state index in [0.29, 0.717) is 0 Å². The van der Waals surface area contributed by atoms with Gasteiger partial charge in [0, 0.05) is 46.9 Å². The molecule has 1 aromatic rings. The van der Waals surface area contributed by atoms with Crippen molar-refractivity contribution in [2.24, 2.45) is 0 Å². The molecule has 0 fully saturated rings. The van der Waals surface area contributed by atoms with Gasteiger partial charge in [-0.25, -0.2) is 0 Å². The molecule has 0 saturated carbocycles. The van der Waals surface area contributed by atoms with Gasteiger partial charge in [0.15, 0.2) is 6.79 Å². The minimum Gasteiger partial charge on any atom is -0.468 e. The SMILES string of the molecule is C=C1C(C)=C[C-]=C(c2ccc(OCOC)cc2)N1C.[Y]. The van der Waals surface area contributed by atoms with Gasteiger partial charge in [-0.1, -0.05) is 24.8 Å². The molecule has 2 rings (SSSR count). The van der Waals surface area contributed by atoms with Crippen molar-refractivity contribution in [1.29, 1.82) is 0 Å². The van der Waals surface area contributed by atoms with Gasteiger partial charge in [0.1, 0.15) is 5.75 Å². The zero-order valence-electron chi connectivity index (χ0n) is 12.1. The maximum Gasteiger partial charge on any atom is 0.188 e. The van der Waals surface area contributed by atoms with Crippen molar-refractivity contribution < 1.29 is 42.2 Å². The molecule has 1 aromatic carbocycles. The number of hydrogen-bond acceptors (Lipinski definition) is 3. The quantitative estimate of drug-likeness (QED) is 0.618. The fourth-order valence-corrected chi connectivity index (χ4v) is 1.87. The van der Waals surface area contributed by atoms with E-state index < -0.39 is 0 Å². The van der Waals surface area contributed by atoms with Crippen LogP contribution in [0.15, 0.2) is 48.2 Å². The molecule has 0 bridgehead atoms. The van der Waals surface area contributed by atoms with Crippen LogP contribution in [0.25, 0.3) is 5.70 Å². The van der Waals surface area contributed by atoms with Crippen molar-refractivity contribution in [3.05, 3.63) is 59.8 Å². The Morgan fingerprint density at radius 3 is 2.50 bits per heavy atom. The molecule has 20 heavy (non-hydrogen) atoms. The number of methoxy groups -OCH3 is 1. The summed E-state index contributed by atoms with van der Waals surface area (Å²) >= 11 is 0. The predicted octanol–water partition coefficient (Wildman–Crippen LogP) is 3.22. The summed E-state index contributed by atoms with van der Waals surface area (Å²) in [7, 11) is 3.60. The molecule has 0 spiro atoms. The summed E-state index contributed by atoms with van der Waals surface area (Å²) in [5.74, 6) is 0.787. The van der Waals surface area contributed by atoms with Gasteiger partial charge in [-0.15, -0.1) is 17.7 Å². The number of nitrogens with zero attached hydrogens (tertiary/aromatic N) is 1. The Labute approximate surface area is 145 Å². The Morgan fingerprint density at radius 2 is 1.90 bits per heavy atom. The predicted molar refractivity (Wildman–Crippen MR) is 76.3 cm³/mol. The zero-order chi connectivity index (χ0) is 13.8. The number of ether oxygens (including phenoxy) is 2. The molecule has 0 aliphatic carbocycles. The average molecular weight is 345 g/mol. The van der Waals surface area contributed by atoms with Crippen LogP contribution in [-0.4, -0.2) is 25.9 Å². The molecule has 1 radical (unpaired) electrons. The van der Waals surface area contributed by atoms with Gasteiger partial charge in [-0.2, -0.15) is 12.2 Å². The Morgan fingerprint density at radius 1 is 1.25 bits per heavy atom. The van der Waals surface area contributed by atoms with Gasteiger partial charge in [0.25, 0.3) is 0 Å². The first-order valence-corrected chi connectivity index (χ1v) is 6.09. The monoisotopic (exact) mass is 345 g/mol. The Hall–Kier alpha value is -0.896. The number of benzene rings is 1. The molecule has 0 unspecified atom stereocenters. The first kappa shape index (κ1) is 17.2. The van der Waals surface area contributed by atoms with Crippen LogP contribution in [0.5, 0.6) is 5.75 Å². The van der Waals surface area contributed by atoms with E-state index in [0.717, 1.165) is 28.3 Å².